The maximum absolute atomic E-state index is 12.2. The summed E-state index contributed by atoms with van der Waals surface area (Å²) in [6.07, 6.45) is 11.4. The van der Waals surface area contributed by atoms with E-state index in [2.05, 4.69) is 10.3 Å². The molecule has 23 heavy (non-hydrogen) atoms. The second-order valence-corrected chi connectivity index (χ2v) is 6.28. The van der Waals surface area contributed by atoms with Gasteiger partial charge in [0.15, 0.2) is 0 Å². The first kappa shape index (κ1) is 17.7. The van der Waals surface area contributed by atoms with Crippen LogP contribution >= 0.6 is 0 Å². The fourth-order valence-electron chi connectivity index (χ4n) is 2.96. The summed E-state index contributed by atoms with van der Waals surface area (Å²) in [5.41, 5.74) is 1.08. The summed E-state index contributed by atoms with van der Waals surface area (Å²) in [6.45, 7) is 3.16. The lowest BCUT2D eigenvalue weighted by molar-refractivity contribution is 0.0454. The Hall–Kier alpha value is -1.62. The molecule has 1 aliphatic carbocycles. The molecule has 2 amide bonds. The molecule has 0 unspecified atom stereocenters. The van der Waals surface area contributed by atoms with Gasteiger partial charge in [0, 0.05) is 26.0 Å². The average Bonchev–Trinajstić information content (AvgIpc) is 2.86. The highest BCUT2D eigenvalue weighted by atomic mass is 16.5. The summed E-state index contributed by atoms with van der Waals surface area (Å²) in [7, 11) is 1.81. The largest absolute Gasteiger partial charge is 0.376 e. The van der Waals surface area contributed by atoms with E-state index in [9.17, 15) is 4.79 Å². The molecule has 0 radical (unpaired) electrons. The monoisotopic (exact) mass is 319 g/mol. The van der Waals surface area contributed by atoms with Crippen LogP contribution in [0, 0.1) is 0 Å². The van der Waals surface area contributed by atoms with E-state index >= 15 is 0 Å². The van der Waals surface area contributed by atoms with E-state index in [1.807, 2.05) is 26.1 Å². The molecule has 128 valence electrons. The molecule has 0 bridgehead atoms. The molecule has 1 aliphatic rings. The van der Waals surface area contributed by atoms with Crippen molar-refractivity contribution in [2.45, 2.75) is 57.6 Å². The van der Waals surface area contributed by atoms with Gasteiger partial charge >= 0.3 is 6.03 Å². The van der Waals surface area contributed by atoms with Gasteiger partial charge in [-0.3, -0.25) is 4.98 Å². The lowest BCUT2D eigenvalue weighted by atomic mass is 10.1. The minimum atomic E-state index is -0.0706. The number of nitrogens with one attached hydrogen (secondary N) is 1. The van der Waals surface area contributed by atoms with E-state index in [1.54, 1.807) is 17.3 Å². The van der Waals surface area contributed by atoms with Crippen LogP contribution in [0.2, 0.25) is 0 Å². The van der Waals surface area contributed by atoms with E-state index in [-0.39, 0.29) is 12.1 Å². The maximum atomic E-state index is 12.2. The van der Waals surface area contributed by atoms with E-state index in [0.29, 0.717) is 19.3 Å². The van der Waals surface area contributed by atoms with Crippen molar-refractivity contribution in [1.29, 1.82) is 0 Å². The van der Waals surface area contributed by atoms with Crippen LogP contribution < -0.4 is 5.32 Å². The summed E-state index contributed by atoms with van der Waals surface area (Å²) in [5.74, 6) is 0. The van der Waals surface area contributed by atoms with Gasteiger partial charge in [-0.15, -0.1) is 0 Å². The molecule has 1 N–H and O–H groups in total. The minimum Gasteiger partial charge on any atom is -0.376 e. The van der Waals surface area contributed by atoms with Crippen LogP contribution in [0.3, 0.4) is 0 Å². The average molecular weight is 319 g/mol. The van der Waals surface area contributed by atoms with Crippen molar-refractivity contribution in [1.82, 2.24) is 15.2 Å². The number of ether oxygens (including phenoxy) is 1. The van der Waals surface area contributed by atoms with Crippen molar-refractivity contribution in [2.24, 2.45) is 0 Å². The predicted molar refractivity (Wildman–Crippen MR) is 91.3 cm³/mol. The number of urea groups is 1. The van der Waals surface area contributed by atoms with Crippen molar-refractivity contribution < 1.29 is 9.53 Å². The third-order valence-corrected chi connectivity index (χ3v) is 4.62. The quantitative estimate of drug-likeness (QED) is 0.645. The van der Waals surface area contributed by atoms with Gasteiger partial charge in [-0.2, -0.15) is 0 Å². The highest BCUT2D eigenvalue weighted by Crippen LogP contribution is 2.19. The Bertz CT molecular complexity index is 459. The Morgan fingerprint density at radius 1 is 1.30 bits per heavy atom. The van der Waals surface area contributed by atoms with Crippen molar-refractivity contribution in [3.8, 4) is 0 Å². The van der Waals surface area contributed by atoms with Crippen molar-refractivity contribution in [3.63, 3.8) is 0 Å². The third kappa shape index (κ3) is 5.82. The van der Waals surface area contributed by atoms with E-state index in [4.69, 9.17) is 4.74 Å². The number of hydrogen-bond acceptors (Lipinski definition) is 3. The predicted octanol–water partition coefficient (Wildman–Crippen LogP) is 3.52. The van der Waals surface area contributed by atoms with Crippen LogP contribution in [0.1, 0.15) is 57.1 Å². The first-order valence-electron chi connectivity index (χ1n) is 8.70. The normalized spacial score (nSPS) is 17.3. The van der Waals surface area contributed by atoms with Gasteiger partial charge in [-0.25, -0.2) is 4.79 Å². The molecule has 0 spiro atoms. The van der Waals surface area contributed by atoms with E-state index in [0.717, 1.165) is 18.4 Å². The molecule has 0 saturated heterocycles. The summed E-state index contributed by atoms with van der Waals surface area (Å²) >= 11 is 0. The van der Waals surface area contributed by atoms with Crippen molar-refractivity contribution in [2.75, 3.05) is 20.2 Å². The number of aromatic nitrogens is 1. The molecule has 1 atom stereocenters. The Morgan fingerprint density at radius 2 is 1.96 bits per heavy atom. The number of carbonyl (C=O) groups excluding carboxylic acids is 1. The Kier molecular flexibility index (Phi) is 7.33. The van der Waals surface area contributed by atoms with E-state index in [1.165, 1.54) is 25.7 Å². The summed E-state index contributed by atoms with van der Waals surface area (Å²) in [4.78, 5) is 17.9. The van der Waals surface area contributed by atoms with Crippen molar-refractivity contribution >= 4 is 6.03 Å². The van der Waals surface area contributed by atoms with Gasteiger partial charge in [-0.05, 0) is 37.5 Å². The van der Waals surface area contributed by atoms with Gasteiger partial charge < -0.3 is 15.0 Å². The highest BCUT2D eigenvalue weighted by Gasteiger charge is 2.17. The molecule has 1 aromatic heterocycles. The number of amides is 2. The zero-order valence-corrected chi connectivity index (χ0v) is 14.3. The van der Waals surface area contributed by atoms with Crippen molar-refractivity contribution in [3.05, 3.63) is 30.1 Å². The molecule has 1 fully saturated rings. The van der Waals surface area contributed by atoms with Gasteiger partial charge in [-0.1, -0.05) is 25.7 Å². The van der Waals surface area contributed by atoms with Crippen LogP contribution in [0.15, 0.2) is 24.5 Å². The zero-order chi connectivity index (χ0) is 16.5. The molecule has 0 aliphatic heterocycles. The van der Waals surface area contributed by atoms with Crippen LogP contribution in [-0.2, 0) is 4.74 Å². The first-order chi connectivity index (χ1) is 11.2. The molecule has 2 rings (SSSR count). The second kappa shape index (κ2) is 9.50. The molecule has 0 aromatic carbocycles. The van der Waals surface area contributed by atoms with Gasteiger partial charge in [0.1, 0.15) is 0 Å². The number of pyridine rings is 1. The van der Waals surface area contributed by atoms with Crippen LogP contribution in [0.5, 0.6) is 0 Å². The Balaban J connectivity index is 1.67. The standard InChI is InChI=1S/C18H29N3O2/c1-15(16-9-11-19-12-10-16)21(2)18(22)20-13-14-23-17-7-5-3-4-6-8-17/h9-12,15,17H,3-8,13-14H2,1-2H3,(H,20,22)/t15-/m1/s1. The Labute approximate surface area is 139 Å². The molecule has 5 heteroatoms. The smallest absolute Gasteiger partial charge is 0.317 e. The summed E-state index contributed by atoms with van der Waals surface area (Å²) < 4.78 is 5.90. The van der Waals surface area contributed by atoms with E-state index < -0.39 is 0 Å². The highest BCUT2D eigenvalue weighted by molar-refractivity contribution is 5.74. The topological polar surface area (TPSA) is 54.5 Å². The van der Waals surface area contributed by atoms with Crippen LogP contribution in [0.25, 0.3) is 0 Å². The molecule has 1 heterocycles. The SMILES string of the molecule is C[C@H](c1ccncc1)N(C)C(=O)NCCOC1CCCCCC1. The lowest BCUT2D eigenvalue weighted by Crippen LogP contribution is -2.40. The molecular weight excluding hydrogens is 290 g/mol. The number of nitrogens with zero attached hydrogens (tertiary/aromatic N) is 2. The molecule has 5 nitrogen and oxygen atoms in total. The fraction of sp³-hybridized carbons (Fsp3) is 0.667. The molecule has 1 saturated carbocycles. The summed E-state index contributed by atoms with van der Waals surface area (Å²) in [5, 5.41) is 2.93. The van der Waals surface area contributed by atoms with Crippen LogP contribution in [0.4, 0.5) is 4.79 Å². The number of carbonyl (C=O) groups is 1. The van der Waals surface area contributed by atoms with Gasteiger partial charge in [0.05, 0.1) is 18.8 Å². The third-order valence-electron chi connectivity index (χ3n) is 4.62. The molecule has 1 aromatic rings. The van der Waals surface area contributed by atoms with Gasteiger partial charge in [0.25, 0.3) is 0 Å². The lowest BCUT2D eigenvalue weighted by Gasteiger charge is -2.25. The second-order valence-electron chi connectivity index (χ2n) is 6.28. The Morgan fingerprint density at radius 3 is 2.61 bits per heavy atom. The number of hydrogen-bond donors (Lipinski definition) is 1. The summed E-state index contributed by atoms with van der Waals surface area (Å²) in [6, 6.07) is 3.81. The fourth-order valence-corrected chi connectivity index (χ4v) is 2.96. The minimum absolute atomic E-state index is 0.0146. The molecular formula is C18H29N3O2. The zero-order valence-electron chi connectivity index (χ0n) is 14.3. The maximum Gasteiger partial charge on any atom is 0.317 e. The van der Waals surface area contributed by atoms with Crippen LogP contribution in [-0.4, -0.2) is 42.2 Å². The first-order valence-corrected chi connectivity index (χ1v) is 8.70. The van der Waals surface area contributed by atoms with Gasteiger partial charge in [0.2, 0.25) is 0 Å². The number of rotatable bonds is 6.